The molecule has 4 nitrogen and oxygen atoms in total. The van der Waals surface area contributed by atoms with Gasteiger partial charge in [0, 0.05) is 15.6 Å². The summed E-state index contributed by atoms with van der Waals surface area (Å²) in [5, 5.41) is 9.98. The van der Waals surface area contributed by atoms with E-state index in [0.29, 0.717) is 15.7 Å². The van der Waals surface area contributed by atoms with Crippen molar-refractivity contribution in [2.24, 2.45) is 0 Å². The molecule has 0 radical (unpaired) electrons. The first-order valence-corrected chi connectivity index (χ1v) is 12.0. The van der Waals surface area contributed by atoms with Crippen LogP contribution in [0.1, 0.15) is 22.5 Å². The van der Waals surface area contributed by atoms with Crippen LogP contribution < -0.4 is 5.56 Å². The van der Waals surface area contributed by atoms with Gasteiger partial charge < -0.3 is 5.11 Å². The van der Waals surface area contributed by atoms with Crippen molar-refractivity contribution in [1.29, 1.82) is 0 Å². The van der Waals surface area contributed by atoms with Crippen LogP contribution in [0.4, 0.5) is 26.3 Å². The third-order valence-corrected chi connectivity index (χ3v) is 7.49. The van der Waals surface area contributed by atoms with Crippen molar-refractivity contribution in [2.75, 3.05) is 0 Å². The summed E-state index contributed by atoms with van der Waals surface area (Å²) in [4.78, 5) is 18.3. The Kier molecular flexibility index (Phi) is 7.10. The molecule has 4 rings (SSSR count). The number of fused-ring (bicyclic) bond motifs is 1. The van der Waals surface area contributed by atoms with Crippen LogP contribution in [0.15, 0.2) is 65.5 Å². The van der Waals surface area contributed by atoms with Gasteiger partial charge in [-0.1, -0.05) is 54.1 Å². The summed E-state index contributed by atoms with van der Waals surface area (Å²) >= 11 is 8.31. The number of aryl methyl sites for hydroxylation is 1. The summed E-state index contributed by atoms with van der Waals surface area (Å²) in [5.74, 6) is 0.193. The standard InChI is InChI=1S/C25H16ClF6IN2O2/c1-13-11-15(23(37,24(27,28)29)25(30,31)32)7-10-18(13)35-19(12-14-5-3-2-4-6-14)34-17-9-8-16(33)21(26)20(17)22(35)36/h2-11,37H,12H2,1H3. The van der Waals surface area contributed by atoms with Crippen molar-refractivity contribution in [2.45, 2.75) is 31.3 Å². The molecule has 1 aromatic heterocycles. The van der Waals surface area contributed by atoms with Crippen LogP contribution in [0.25, 0.3) is 16.6 Å². The highest BCUT2D eigenvalue weighted by Crippen LogP contribution is 2.50. The predicted molar refractivity (Wildman–Crippen MR) is 135 cm³/mol. The molecule has 0 saturated heterocycles. The Morgan fingerprint density at radius 2 is 1.59 bits per heavy atom. The fourth-order valence-electron chi connectivity index (χ4n) is 4.02. The molecule has 0 bridgehead atoms. The number of hydrogen-bond acceptors (Lipinski definition) is 3. The Balaban J connectivity index is 2.00. The molecule has 0 aliphatic heterocycles. The van der Waals surface area contributed by atoms with Gasteiger partial charge in [0.25, 0.3) is 11.2 Å². The van der Waals surface area contributed by atoms with Crippen LogP contribution in [0.5, 0.6) is 0 Å². The molecule has 3 aromatic carbocycles. The number of nitrogens with zero attached hydrogens (tertiary/aromatic N) is 2. The number of aromatic nitrogens is 2. The lowest BCUT2D eigenvalue weighted by Crippen LogP contribution is -2.54. The summed E-state index contributed by atoms with van der Waals surface area (Å²) in [6.45, 7) is 1.24. The van der Waals surface area contributed by atoms with Gasteiger partial charge in [-0.25, -0.2) is 4.98 Å². The minimum Gasteiger partial charge on any atom is -0.369 e. The lowest BCUT2D eigenvalue weighted by molar-refractivity contribution is -0.376. The van der Waals surface area contributed by atoms with Gasteiger partial charge in [-0.05, 0) is 58.8 Å². The molecule has 0 unspecified atom stereocenters. The van der Waals surface area contributed by atoms with Gasteiger partial charge in [-0.15, -0.1) is 0 Å². The van der Waals surface area contributed by atoms with Crippen LogP contribution in [-0.4, -0.2) is 27.0 Å². The number of hydrogen-bond donors (Lipinski definition) is 1. The van der Waals surface area contributed by atoms with Crippen molar-refractivity contribution < 1.29 is 31.4 Å². The van der Waals surface area contributed by atoms with Gasteiger partial charge in [-0.2, -0.15) is 26.3 Å². The zero-order valence-corrected chi connectivity index (χ0v) is 21.7. The minimum absolute atomic E-state index is 0.00397. The van der Waals surface area contributed by atoms with Gasteiger partial charge >= 0.3 is 12.4 Å². The van der Waals surface area contributed by atoms with Crippen LogP contribution in [0.3, 0.4) is 0 Å². The SMILES string of the molecule is Cc1cc(C(O)(C(F)(F)F)C(F)(F)F)ccc1-n1c(Cc2ccccc2)nc2ccc(I)c(Cl)c2c1=O. The van der Waals surface area contributed by atoms with E-state index in [1.807, 2.05) is 22.6 Å². The van der Waals surface area contributed by atoms with Gasteiger partial charge in [0.15, 0.2) is 0 Å². The molecule has 0 aliphatic rings. The van der Waals surface area contributed by atoms with Gasteiger partial charge in [0.05, 0.1) is 21.6 Å². The number of rotatable bonds is 4. The van der Waals surface area contributed by atoms with E-state index in [1.165, 1.54) is 6.92 Å². The van der Waals surface area contributed by atoms with E-state index in [9.17, 15) is 36.2 Å². The molecule has 0 atom stereocenters. The van der Waals surface area contributed by atoms with E-state index in [4.69, 9.17) is 11.6 Å². The van der Waals surface area contributed by atoms with Gasteiger partial charge in [0.2, 0.25) is 0 Å². The summed E-state index contributed by atoms with van der Waals surface area (Å²) in [6, 6.07) is 14.2. The summed E-state index contributed by atoms with van der Waals surface area (Å²) < 4.78 is 82.2. The zero-order chi connectivity index (χ0) is 27.3. The van der Waals surface area contributed by atoms with E-state index in [0.717, 1.165) is 16.2 Å². The Morgan fingerprint density at radius 1 is 0.973 bits per heavy atom. The molecule has 194 valence electrons. The van der Waals surface area contributed by atoms with Gasteiger partial charge in [-0.3, -0.25) is 9.36 Å². The van der Waals surface area contributed by atoms with Crippen LogP contribution in [-0.2, 0) is 12.0 Å². The molecule has 0 aliphatic carbocycles. The van der Waals surface area contributed by atoms with E-state index in [2.05, 4.69) is 4.98 Å². The third kappa shape index (κ3) is 4.72. The molecular formula is C25H16ClF6IN2O2. The van der Waals surface area contributed by atoms with Crippen molar-refractivity contribution in [3.63, 3.8) is 0 Å². The number of benzene rings is 3. The van der Waals surface area contributed by atoms with Crippen molar-refractivity contribution in [1.82, 2.24) is 9.55 Å². The van der Waals surface area contributed by atoms with Crippen LogP contribution in [0, 0.1) is 10.5 Å². The monoisotopic (exact) mass is 652 g/mol. The normalized spacial score (nSPS) is 12.8. The highest BCUT2D eigenvalue weighted by molar-refractivity contribution is 14.1. The molecule has 37 heavy (non-hydrogen) atoms. The summed E-state index contributed by atoms with van der Waals surface area (Å²) in [5.41, 5.74) is -6.24. The van der Waals surface area contributed by atoms with E-state index < -0.39 is 29.1 Å². The largest absolute Gasteiger partial charge is 0.430 e. The van der Waals surface area contributed by atoms with Crippen molar-refractivity contribution in [3.8, 4) is 5.69 Å². The first-order valence-electron chi connectivity index (χ1n) is 10.6. The lowest BCUT2D eigenvalue weighted by atomic mass is 9.90. The highest BCUT2D eigenvalue weighted by Gasteiger charge is 2.71. The molecule has 1 heterocycles. The second-order valence-electron chi connectivity index (χ2n) is 8.29. The molecule has 12 heteroatoms. The minimum atomic E-state index is -6.04. The average molecular weight is 653 g/mol. The first-order chi connectivity index (χ1) is 17.2. The molecule has 4 aromatic rings. The highest BCUT2D eigenvalue weighted by atomic mass is 127. The molecule has 0 spiro atoms. The summed E-state index contributed by atoms with van der Waals surface area (Å²) in [6.07, 6.45) is -11.9. The maximum absolute atomic E-state index is 13.7. The lowest BCUT2D eigenvalue weighted by Gasteiger charge is -2.33. The maximum Gasteiger partial charge on any atom is 0.430 e. The molecule has 0 fully saturated rings. The van der Waals surface area contributed by atoms with E-state index in [1.54, 1.807) is 42.5 Å². The molecular weight excluding hydrogens is 637 g/mol. The Bertz CT molecular complexity index is 1540. The second-order valence-corrected chi connectivity index (χ2v) is 9.83. The molecule has 0 saturated carbocycles. The van der Waals surface area contributed by atoms with Crippen molar-refractivity contribution >= 4 is 45.1 Å². The van der Waals surface area contributed by atoms with Crippen LogP contribution >= 0.6 is 34.2 Å². The third-order valence-electron chi connectivity index (χ3n) is 5.88. The number of aliphatic hydroxyl groups is 1. The number of alkyl halides is 6. The zero-order valence-electron chi connectivity index (χ0n) is 18.8. The predicted octanol–water partition coefficient (Wildman–Crippen LogP) is 6.86. The maximum atomic E-state index is 13.7. The van der Waals surface area contributed by atoms with E-state index >= 15 is 0 Å². The van der Waals surface area contributed by atoms with Gasteiger partial charge in [0.1, 0.15) is 5.82 Å². The average Bonchev–Trinajstić information content (AvgIpc) is 2.81. The second kappa shape index (κ2) is 9.59. The summed E-state index contributed by atoms with van der Waals surface area (Å²) in [7, 11) is 0. The number of halogens is 8. The fourth-order valence-corrected chi connectivity index (χ4v) is 4.71. The van der Waals surface area contributed by atoms with E-state index in [-0.39, 0.29) is 39.4 Å². The van der Waals surface area contributed by atoms with Crippen LogP contribution in [0.2, 0.25) is 5.02 Å². The molecule has 0 amide bonds. The fraction of sp³-hybridized carbons (Fsp3) is 0.200. The molecule has 1 N–H and O–H groups in total. The topological polar surface area (TPSA) is 55.1 Å². The quantitative estimate of drug-likeness (QED) is 0.194. The smallest absolute Gasteiger partial charge is 0.369 e. The van der Waals surface area contributed by atoms with Crippen molar-refractivity contribution in [3.05, 3.63) is 102 Å². The Labute approximate surface area is 224 Å². The Morgan fingerprint density at radius 3 is 2.16 bits per heavy atom. The Hall–Kier alpha value is -2.64. The first kappa shape index (κ1) is 27.4.